The van der Waals surface area contributed by atoms with Gasteiger partial charge in [-0.15, -0.1) is 0 Å². The third-order valence-corrected chi connectivity index (χ3v) is 4.06. The van der Waals surface area contributed by atoms with E-state index >= 15 is 0 Å². The Bertz CT molecular complexity index is 753. The molecule has 2 rings (SSSR count). The number of amides is 1. The fourth-order valence-electron chi connectivity index (χ4n) is 2.64. The number of hydrogen-bond acceptors (Lipinski definition) is 3. The summed E-state index contributed by atoms with van der Waals surface area (Å²) in [6.07, 6.45) is 0.169. The van der Waals surface area contributed by atoms with Crippen molar-refractivity contribution < 1.29 is 13.9 Å². The molecule has 130 valence electrons. The van der Waals surface area contributed by atoms with Crippen molar-refractivity contribution in [1.82, 2.24) is 4.90 Å². The maximum Gasteiger partial charge on any atom is 0.226 e. The number of carbonyl (C=O) groups is 1. The van der Waals surface area contributed by atoms with Crippen LogP contribution in [-0.4, -0.2) is 24.0 Å². The van der Waals surface area contributed by atoms with E-state index in [1.807, 2.05) is 26.0 Å². The molecule has 0 saturated carbocycles. The predicted octanol–water partition coefficient (Wildman–Crippen LogP) is 4.08. The Morgan fingerprint density at radius 2 is 1.92 bits per heavy atom. The maximum absolute atomic E-state index is 13.5. The van der Waals surface area contributed by atoms with Gasteiger partial charge in [0.15, 0.2) is 11.6 Å². The Morgan fingerprint density at radius 3 is 2.52 bits per heavy atom. The molecule has 4 nitrogen and oxygen atoms in total. The lowest BCUT2D eigenvalue weighted by atomic mass is 10.0. The molecule has 25 heavy (non-hydrogen) atoms. The van der Waals surface area contributed by atoms with Crippen molar-refractivity contribution in [3.63, 3.8) is 0 Å². The first-order valence-corrected chi connectivity index (χ1v) is 8.23. The van der Waals surface area contributed by atoms with Gasteiger partial charge < -0.3 is 9.64 Å². The molecule has 0 radical (unpaired) electrons. The summed E-state index contributed by atoms with van der Waals surface area (Å²) in [6, 6.07) is 15.3. The number of carbonyl (C=O) groups excluding carboxylic acids is 1. The van der Waals surface area contributed by atoms with Crippen LogP contribution < -0.4 is 4.74 Å². The van der Waals surface area contributed by atoms with E-state index in [1.54, 1.807) is 29.2 Å². The predicted molar refractivity (Wildman–Crippen MR) is 93.5 cm³/mol. The van der Waals surface area contributed by atoms with Crippen molar-refractivity contribution in [3.05, 3.63) is 65.5 Å². The normalized spacial score (nSPS) is 11.4. The second kappa shape index (κ2) is 8.84. The van der Waals surface area contributed by atoms with Crippen molar-refractivity contribution in [3.8, 4) is 11.8 Å². The van der Waals surface area contributed by atoms with E-state index in [-0.39, 0.29) is 30.7 Å². The molecule has 0 spiro atoms. The van der Waals surface area contributed by atoms with Gasteiger partial charge in [-0.2, -0.15) is 5.26 Å². The summed E-state index contributed by atoms with van der Waals surface area (Å²) in [5.74, 6) is -0.345. The lowest BCUT2D eigenvalue weighted by Crippen LogP contribution is -2.34. The van der Waals surface area contributed by atoms with Gasteiger partial charge in [-0.05, 0) is 43.7 Å². The summed E-state index contributed by atoms with van der Waals surface area (Å²) in [6.45, 7) is 4.53. The van der Waals surface area contributed by atoms with Crippen LogP contribution in [0.5, 0.6) is 5.75 Å². The number of benzene rings is 2. The minimum absolute atomic E-state index is 0.0595. The minimum Gasteiger partial charge on any atom is -0.490 e. The number of nitriles is 1. The Balaban J connectivity index is 1.95. The zero-order chi connectivity index (χ0) is 18.2. The number of halogens is 1. The van der Waals surface area contributed by atoms with Crippen LogP contribution in [0.25, 0.3) is 0 Å². The SMILES string of the molecule is CCN(C(=O)CCOc1ccccc1F)C(C)c1ccc(C#N)cc1. The van der Waals surface area contributed by atoms with E-state index in [0.717, 1.165) is 5.56 Å². The monoisotopic (exact) mass is 340 g/mol. The Morgan fingerprint density at radius 1 is 1.24 bits per heavy atom. The largest absolute Gasteiger partial charge is 0.490 e. The molecule has 1 atom stereocenters. The van der Waals surface area contributed by atoms with Crippen molar-refractivity contribution >= 4 is 5.91 Å². The third-order valence-electron chi connectivity index (χ3n) is 4.06. The topological polar surface area (TPSA) is 53.3 Å². The quantitative estimate of drug-likeness (QED) is 0.763. The van der Waals surface area contributed by atoms with Gasteiger partial charge in [0.2, 0.25) is 5.91 Å². The molecular weight excluding hydrogens is 319 g/mol. The number of ether oxygens (including phenoxy) is 1. The molecule has 0 fully saturated rings. The van der Waals surface area contributed by atoms with Crippen LogP contribution in [0, 0.1) is 17.1 Å². The van der Waals surface area contributed by atoms with Crippen molar-refractivity contribution in [2.45, 2.75) is 26.3 Å². The highest BCUT2D eigenvalue weighted by Crippen LogP contribution is 2.22. The molecule has 2 aromatic rings. The van der Waals surface area contributed by atoms with Crippen LogP contribution >= 0.6 is 0 Å². The molecule has 1 unspecified atom stereocenters. The molecule has 2 aromatic carbocycles. The lowest BCUT2D eigenvalue weighted by Gasteiger charge is -2.28. The second-order valence-electron chi connectivity index (χ2n) is 5.62. The molecule has 0 aliphatic rings. The van der Waals surface area contributed by atoms with Gasteiger partial charge in [-0.1, -0.05) is 24.3 Å². The van der Waals surface area contributed by atoms with Crippen LogP contribution in [-0.2, 0) is 4.79 Å². The van der Waals surface area contributed by atoms with Crippen LogP contribution in [0.15, 0.2) is 48.5 Å². The fraction of sp³-hybridized carbons (Fsp3) is 0.300. The van der Waals surface area contributed by atoms with Gasteiger partial charge in [-0.3, -0.25) is 4.79 Å². The van der Waals surface area contributed by atoms with Crippen molar-refractivity contribution in [2.24, 2.45) is 0 Å². The summed E-state index contributed by atoms with van der Waals surface area (Å²) in [5, 5.41) is 8.87. The number of para-hydroxylation sites is 1. The molecule has 0 heterocycles. The van der Waals surface area contributed by atoms with E-state index in [2.05, 4.69) is 6.07 Å². The minimum atomic E-state index is -0.437. The summed E-state index contributed by atoms with van der Waals surface area (Å²) in [4.78, 5) is 14.2. The summed E-state index contributed by atoms with van der Waals surface area (Å²) in [7, 11) is 0. The molecule has 0 bridgehead atoms. The first-order chi connectivity index (χ1) is 12.1. The van der Waals surface area contributed by atoms with Crippen LogP contribution in [0.2, 0.25) is 0 Å². The molecule has 0 aliphatic carbocycles. The van der Waals surface area contributed by atoms with Crippen LogP contribution in [0.4, 0.5) is 4.39 Å². The van der Waals surface area contributed by atoms with Crippen LogP contribution in [0.3, 0.4) is 0 Å². The summed E-state index contributed by atoms with van der Waals surface area (Å²) in [5.41, 5.74) is 1.55. The number of nitrogens with zero attached hydrogens (tertiary/aromatic N) is 2. The fourth-order valence-corrected chi connectivity index (χ4v) is 2.64. The Hall–Kier alpha value is -2.87. The van der Waals surface area contributed by atoms with E-state index in [1.165, 1.54) is 12.1 Å². The van der Waals surface area contributed by atoms with E-state index in [9.17, 15) is 9.18 Å². The smallest absolute Gasteiger partial charge is 0.226 e. The van der Waals surface area contributed by atoms with Crippen molar-refractivity contribution in [1.29, 1.82) is 5.26 Å². The number of hydrogen-bond donors (Lipinski definition) is 0. The molecule has 5 heteroatoms. The average molecular weight is 340 g/mol. The molecule has 0 N–H and O–H groups in total. The maximum atomic E-state index is 13.5. The highest BCUT2D eigenvalue weighted by atomic mass is 19.1. The highest BCUT2D eigenvalue weighted by Gasteiger charge is 2.20. The number of rotatable bonds is 7. The Labute approximate surface area is 147 Å². The molecule has 0 saturated heterocycles. The summed E-state index contributed by atoms with van der Waals surface area (Å²) < 4.78 is 18.9. The zero-order valence-corrected chi connectivity index (χ0v) is 14.4. The lowest BCUT2D eigenvalue weighted by molar-refractivity contribution is -0.133. The third kappa shape index (κ3) is 4.80. The summed E-state index contributed by atoms with van der Waals surface area (Å²) >= 11 is 0. The van der Waals surface area contributed by atoms with Crippen LogP contribution in [0.1, 0.15) is 37.4 Å². The Kier molecular flexibility index (Phi) is 6.53. The standard InChI is InChI=1S/C20H21FN2O2/c1-3-23(15(2)17-10-8-16(14-22)9-11-17)20(24)12-13-25-19-7-5-4-6-18(19)21/h4-11,15H,3,12-13H2,1-2H3. The van der Waals surface area contributed by atoms with E-state index in [4.69, 9.17) is 10.00 Å². The van der Waals surface area contributed by atoms with E-state index in [0.29, 0.717) is 12.1 Å². The first-order valence-electron chi connectivity index (χ1n) is 8.23. The van der Waals surface area contributed by atoms with Gasteiger partial charge in [0.05, 0.1) is 30.7 Å². The van der Waals surface area contributed by atoms with Gasteiger partial charge >= 0.3 is 0 Å². The first kappa shape index (κ1) is 18.5. The molecular formula is C20H21FN2O2. The second-order valence-corrected chi connectivity index (χ2v) is 5.62. The van der Waals surface area contributed by atoms with Gasteiger partial charge in [0.25, 0.3) is 0 Å². The molecule has 1 amide bonds. The van der Waals surface area contributed by atoms with Gasteiger partial charge in [0, 0.05) is 6.54 Å². The average Bonchev–Trinajstić information content (AvgIpc) is 2.64. The van der Waals surface area contributed by atoms with Gasteiger partial charge in [0.1, 0.15) is 0 Å². The van der Waals surface area contributed by atoms with Gasteiger partial charge in [-0.25, -0.2) is 4.39 Å². The zero-order valence-electron chi connectivity index (χ0n) is 14.4. The molecule has 0 aliphatic heterocycles. The van der Waals surface area contributed by atoms with E-state index < -0.39 is 5.82 Å². The molecule has 0 aromatic heterocycles. The highest BCUT2D eigenvalue weighted by molar-refractivity contribution is 5.76. The van der Waals surface area contributed by atoms with Crippen molar-refractivity contribution in [2.75, 3.05) is 13.2 Å².